The number of H-pyrrole nitrogens is 1. The van der Waals surface area contributed by atoms with Crippen LogP contribution in [-0.2, 0) is 25.8 Å². The molecule has 2 aromatic rings. The SMILES string of the molecule is O=C(Cc1c[nH]c2ccccc12)N1CC2(C1)C(CN1CCOCC1)CCS2(=O)=O. The number of nitrogens with one attached hydrogen (secondary N) is 1. The van der Waals surface area contributed by atoms with Gasteiger partial charge in [0.15, 0.2) is 9.84 Å². The van der Waals surface area contributed by atoms with Crippen LogP contribution in [0, 0.1) is 5.92 Å². The van der Waals surface area contributed by atoms with Crippen molar-refractivity contribution in [3.8, 4) is 0 Å². The van der Waals surface area contributed by atoms with Gasteiger partial charge in [-0.05, 0) is 24.0 Å². The number of likely N-dealkylation sites (tertiary alicyclic amines) is 1. The van der Waals surface area contributed by atoms with Crippen molar-refractivity contribution >= 4 is 26.6 Å². The van der Waals surface area contributed by atoms with Crippen LogP contribution in [0.25, 0.3) is 10.9 Å². The van der Waals surface area contributed by atoms with E-state index in [4.69, 9.17) is 4.74 Å². The Morgan fingerprint density at radius 1 is 1.21 bits per heavy atom. The molecule has 3 aliphatic rings. The summed E-state index contributed by atoms with van der Waals surface area (Å²) in [7, 11) is -3.17. The minimum Gasteiger partial charge on any atom is -0.379 e. The third kappa shape index (κ3) is 3.17. The highest BCUT2D eigenvalue weighted by Gasteiger charge is 2.62. The van der Waals surface area contributed by atoms with Gasteiger partial charge < -0.3 is 14.6 Å². The van der Waals surface area contributed by atoms with Gasteiger partial charge in [-0.15, -0.1) is 0 Å². The predicted molar refractivity (Wildman–Crippen MR) is 110 cm³/mol. The maximum absolute atomic E-state index is 12.9. The number of benzene rings is 1. The lowest BCUT2D eigenvalue weighted by molar-refractivity contribution is -0.136. The second kappa shape index (κ2) is 7.11. The molecule has 4 heterocycles. The van der Waals surface area contributed by atoms with Crippen molar-refractivity contribution in [1.29, 1.82) is 0 Å². The number of sulfone groups is 1. The number of para-hydroxylation sites is 1. The number of aromatic nitrogens is 1. The first-order valence-electron chi connectivity index (χ1n) is 10.3. The molecule has 5 rings (SSSR count). The van der Waals surface area contributed by atoms with Gasteiger partial charge in [0, 0.05) is 49.8 Å². The lowest BCUT2D eigenvalue weighted by atomic mass is 9.82. The Bertz CT molecular complexity index is 1020. The number of nitrogens with zero attached hydrogens (tertiary/aromatic N) is 2. The number of amides is 1. The highest BCUT2D eigenvalue weighted by atomic mass is 32.2. The van der Waals surface area contributed by atoms with Gasteiger partial charge in [0.1, 0.15) is 4.75 Å². The van der Waals surface area contributed by atoms with Crippen LogP contribution < -0.4 is 0 Å². The zero-order chi connectivity index (χ0) is 20.1. The van der Waals surface area contributed by atoms with Crippen molar-refractivity contribution in [2.24, 2.45) is 5.92 Å². The van der Waals surface area contributed by atoms with E-state index in [2.05, 4.69) is 9.88 Å². The second-order valence-corrected chi connectivity index (χ2v) is 11.0. The maximum atomic E-state index is 12.9. The number of fused-ring (bicyclic) bond motifs is 1. The number of ether oxygens (including phenoxy) is 1. The number of aromatic amines is 1. The molecule has 8 heteroatoms. The number of hydrogen-bond donors (Lipinski definition) is 1. The molecule has 1 unspecified atom stereocenters. The van der Waals surface area contributed by atoms with E-state index in [0.29, 0.717) is 39.1 Å². The molecule has 1 amide bonds. The molecular weight excluding hydrogens is 390 g/mol. The third-order valence-corrected chi connectivity index (χ3v) is 9.57. The summed E-state index contributed by atoms with van der Waals surface area (Å²) in [4.78, 5) is 20.1. The molecule has 3 fully saturated rings. The van der Waals surface area contributed by atoms with Crippen molar-refractivity contribution < 1.29 is 17.9 Å². The lowest BCUT2D eigenvalue weighted by Gasteiger charge is -2.51. The van der Waals surface area contributed by atoms with Crippen LogP contribution in [0.2, 0.25) is 0 Å². The molecular formula is C21H27N3O4S. The fourth-order valence-electron chi connectivity index (χ4n) is 5.15. The Kier molecular flexibility index (Phi) is 4.68. The standard InChI is InChI=1S/C21H27N3O4S/c25-20(11-16-12-22-19-4-2-1-3-18(16)19)24-14-21(15-24)17(5-10-29(21,26)27)13-23-6-8-28-9-7-23/h1-4,12,17,22H,5-11,13-15H2. The molecule has 29 heavy (non-hydrogen) atoms. The molecule has 156 valence electrons. The lowest BCUT2D eigenvalue weighted by Crippen LogP contribution is -2.69. The number of carbonyl (C=O) groups excluding carboxylic acids is 1. The van der Waals surface area contributed by atoms with Crippen LogP contribution in [0.3, 0.4) is 0 Å². The fourth-order valence-corrected chi connectivity index (χ4v) is 7.56. The van der Waals surface area contributed by atoms with Crippen LogP contribution in [-0.4, -0.2) is 85.5 Å². The third-order valence-electron chi connectivity index (χ3n) is 6.97. The molecule has 0 radical (unpaired) electrons. The normalized spacial score (nSPS) is 26.1. The van der Waals surface area contributed by atoms with Crippen LogP contribution in [0.5, 0.6) is 0 Å². The highest BCUT2D eigenvalue weighted by molar-refractivity contribution is 7.93. The molecule has 1 atom stereocenters. The first-order chi connectivity index (χ1) is 14.0. The number of morpholine rings is 1. The molecule has 1 aromatic carbocycles. The smallest absolute Gasteiger partial charge is 0.227 e. The van der Waals surface area contributed by atoms with E-state index in [1.807, 2.05) is 30.5 Å². The Balaban J connectivity index is 1.28. The zero-order valence-electron chi connectivity index (χ0n) is 16.5. The minimum atomic E-state index is -3.17. The van der Waals surface area contributed by atoms with Crippen LogP contribution in [0.1, 0.15) is 12.0 Å². The highest BCUT2D eigenvalue weighted by Crippen LogP contribution is 2.45. The van der Waals surface area contributed by atoms with Crippen LogP contribution in [0.4, 0.5) is 0 Å². The minimum absolute atomic E-state index is 0.00704. The zero-order valence-corrected chi connectivity index (χ0v) is 17.3. The van der Waals surface area contributed by atoms with Gasteiger partial charge in [-0.3, -0.25) is 9.69 Å². The van der Waals surface area contributed by atoms with E-state index in [-0.39, 0.29) is 17.6 Å². The summed E-state index contributed by atoms with van der Waals surface area (Å²) in [5.41, 5.74) is 1.98. The molecule has 3 aliphatic heterocycles. The van der Waals surface area contributed by atoms with Gasteiger partial charge >= 0.3 is 0 Å². The first-order valence-corrected chi connectivity index (χ1v) is 12.0. The Morgan fingerprint density at radius 3 is 2.76 bits per heavy atom. The van der Waals surface area contributed by atoms with E-state index < -0.39 is 14.6 Å². The van der Waals surface area contributed by atoms with E-state index in [1.54, 1.807) is 4.90 Å². The molecule has 0 aliphatic carbocycles. The van der Waals surface area contributed by atoms with E-state index in [1.165, 1.54) is 0 Å². The Labute approximate surface area is 170 Å². The molecule has 0 bridgehead atoms. The molecule has 7 nitrogen and oxygen atoms in total. The summed E-state index contributed by atoms with van der Waals surface area (Å²) in [6.07, 6.45) is 2.88. The van der Waals surface area contributed by atoms with Gasteiger partial charge in [0.05, 0.1) is 25.4 Å². The van der Waals surface area contributed by atoms with Crippen molar-refractivity contribution in [1.82, 2.24) is 14.8 Å². The van der Waals surface area contributed by atoms with Crippen LogP contribution in [0.15, 0.2) is 30.5 Å². The first kappa shape index (κ1) is 19.1. The van der Waals surface area contributed by atoms with E-state index in [9.17, 15) is 13.2 Å². The molecule has 0 saturated carbocycles. The summed E-state index contributed by atoms with van der Waals surface area (Å²) >= 11 is 0. The largest absolute Gasteiger partial charge is 0.379 e. The van der Waals surface area contributed by atoms with Crippen molar-refractivity contribution in [3.63, 3.8) is 0 Å². The predicted octanol–water partition coefficient (Wildman–Crippen LogP) is 1.06. The summed E-state index contributed by atoms with van der Waals surface area (Å²) < 4.78 is 30.4. The van der Waals surface area contributed by atoms with Crippen LogP contribution >= 0.6 is 0 Å². The Hall–Kier alpha value is -1.90. The molecule has 1 N–H and O–H groups in total. The summed E-state index contributed by atoms with van der Waals surface area (Å²) in [5.74, 6) is 0.349. The van der Waals surface area contributed by atoms with Gasteiger partial charge in [0.25, 0.3) is 0 Å². The number of hydrogen-bond acceptors (Lipinski definition) is 5. The average Bonchev–Trinajstić information content (AvgIpc) is 3.20. The van der Waals surface area contributed by atoms with Gasteiger partial charge in [-0.2, -0.15) is 0 Å². The number of rotatable bonds is 4. The monoisotopic (exact) mass is 417 g/mol. The second-order valence-electron chi connectivity index (χ2n) is 8.57. The maximum Gasteiger partial charge on any atom is 0.227 e. The van der Waals surface area contributed by atoms with Gasteiger partial charge in [-0.1, -0.05) is 18.2 Å². The quantitative estimate of drug-likeness (QED) is 0.804. The summed E-state index contributed by atoms with van der Waals surface area (Å²) in [6.45, 7) is 4.60. The fraction of sp³-hybridized carbons (Fsp3) is 0.571. The van der Waals surface area contributed by atoms with Gasteiger partial charge in [-0.25, -0.2) is 8.42 Å². The van der Waals surface area contributed by atoms with Crippen molar-refractivity contribution in [3.05, 3.63) is 36.0 Å². The van der Waals surface area contributed by atoms with Gasteiger partial charge in [0.2, 0.25) is 5.91 Å². The van der Waals surface area contributed by atoms with E-state index >= 15 is 0 Å². The molecule has 1 aromatic heterocycles. The Morgan fingerprint density at radius 2 is 1.97 bits per heavy atom. The van der Waals surface area contributed by atoms with Crippen molar-refractivity contribution in [2.75, 3.05) is 51.7 Å². The summed E-state index contributed by atoms with van der Waals surface area (Å²) in [5, 5.41) is 1.05. The topological polar surface area (TPSA) is 82.7 Å². The average molecular weight is 418 g/mol. The number of carbonyl (C=O) groups is 1. The van der Waals surface area contributed by atoms with Crippen molar-refractivity contribution in [2.45, 2.75) is 17.6 Å². The summed E-state index contributed by atoms with van der Waals surface area (Å²) in [6, 6.07) is 7.92. The molecule has 3 saturated heterocycles. The van der Waals surface area contributed by atoms with E-state index in [0.717, 1.165) is 36.1 Å². The molecule has 1 spiro atoms.